The normalized spacial score (nSPS) is 10.9. The lowest BCUT2D eigenvalue weighted by Gasteiger charge is -2.07. The summed E-state index contributed by atoms with van der Waals surface area (Å²) < 4.78 is 0. The van der Waals surface area contributed by atoms with E-state index in [1.807, 2.05) is 37.3 Å². The summed E-state index contributed by atoms with van der Waals surface area (Å²) in [4.78, 5) is 27.0. The van der Waals surface area contributed by atoms with E-state index in [-0.39, 0.29) is 5.91 Å². The molecule has 6 heteroatoms. The number of anilines is 1. The van der Waals surface area contributed by atoms with Gasteiger partial charge in [-0.05, 0) is 37.3 Å². The summed E-state index contributed by atoms with van der Waals surface area (Å²) in [5.41, 5.74) is 4.87. The summed E-state index contributed by atoms with van der Waals surface area (Å²) >= 11 is 0. The molecular weight excluding hydrogens is 302 g/mol. The molecule has 0 fully saturated rings. The average molecular weight is 317 g/mol. The lowest BCUT2D eigenvalue weighted by atomic mass is 10.1. The van der Waals surface area contributed by atoms with Crippen molar-refractivity contribution in [3.8, 4) is 11.3 Å². The quantitative estimate of drug-likeness (QED) is 0.540. The van der Waals surface area contributed by atoms with Crippen molar-refractivity contribution >= 4 is 22.6 Å². The van der Waals surface area contributed by atoms with Gasteiger partial charge in [-0.3, -0.25) is 4.79 Å². The Bertz CT molecular complexity index is 1030. The summed E-state index contributed by atoms with van der Waals surface area (Å²) in [6, 6.07) is 13.0. The zero-order chi connectivity index (χ0) is 16.5. The molecular formula is C18H15N5O. The Morgan fingerprint density at radius 3 is 2.88 bits per heavy atom. The van der Waals surface area contributed by atoms with Gasteiger partial charge in [0.05, 0.1) is 29.3 Å². The van der Waals surface area contributed by atoms with Gasteiger partial charge >= 0.3 is 0 Å². The molecule has 0 atom stereocenters. The van der Waals surface area contributed by atoms with Crippen LogP contribution in [0.1, 0.15) is 16.2 Å². The number of nitrogens with one attached hydrogen (secondary N) is 3. The summed E-state index contributed by atoms with van der Waals surface area (Å²) in [5, 5.41) is 2.92. The standard InChI is InChI=1S/C18H15N5O/c1-11-19-9-17(22-11)12-3-2-4-14(7-12)23-18(24)13-5-6-15-16(8-13)21-10-20-15/h2-10H,1H3,(H,19,22)(H,20,21)(H,23,24). The second kappa shape index (κ2) is 5.66. The van der Waals surface area contributed by atoms with Crippen molar-refractivity contribution in [2.24, 2.45) is 0 Å². The summed E-state index contributed by atoms with van der Waals surface area (Å²) in [6.45, 7) is 1.90. The number of carbonyl (C=O) groups excluding carboxylic acids is 1. The van der Waals surface area contributed by atoms with Crippen LogP contribution in [-0.4, -0.2) is 25.8 Å². The fraction of sp³-hybridized carbons (Fsp3) is 0.0556. The van der Waals surface area contributed by atoms with Crippen LogP contribution >= 0.6 is 0 Å². The van der Waals surface area contributed by atoms with Crippen molar-refractivity contribution < 1.29 is 4.79 Å². The van der Waals surface area contributed by atoms with Gasteiger partial charge in [0.25, 0.3) is 5.91 Å². The third-order valence-corrected chi connectivity index (χ3v) is 3.82. The van der Waals surface area contributed by atoms with Gasteiger partial charge < -0.3 is 15.3 Å². The van der Waals surface area contributed by atoms with E-state index in [4.69, 9.17) is 0 Å². The van der Waals surface area contributed by atoms with E-state index < -0.39 is 0 Å². The molecule has 4 aromatic rings. The van der Waals surface area contributed by atoms with Crippen LogP contribution < -0.4 is 5.32 Å². The molecule has 3 N–H and O–H groups in total. The number of imidazole rings is 2. The van der Waals surface area contributed by atoms with E-state index in [1.165, 1.54) is 0 Å². The molecule has 0 unspecified atom stereocenters. The second-order valence-corrected chi connectivity index (χ2v) is 5.55. The Hall–Kier alpha value is -3.41. The molecule has 4 rings (SSSR count). The van der Waals surface area contributed by atoms with Crippen LogP contribution in [0.4, 0.5) is 5.69 Å². The molecule has 2 heterocycles. The van der Waals surface area contributed by atoms with Crippen LogP contribution in [-0.2, 0) is 0 Å². The van der Waals surface area contributed by atoms with Crippen LogP contribution in [0.5, 0.6) is 0 Å². The minimum atomic E-state index is -0.163. The maximum absolute atomic E-state index is 12.5. The molecule has 0 radical (unpaired) electrons. The fourth-order valence-electron chi connectivity index (χ4n) is 2.61. The van der Waals surface area contributed by atoms with Crippen molar-refractivity contribution in [1.29, 1.82) is 0 Å². The zero-order valence-corrected chi connectivity index (χ0v) is 13.0. The van der Waals surface area contributed by atoms with E-state index >= 15 is 0 Å². The number of nitrogens with zero attached hydrogens (tertiary/aromatic N) is 2. The number of aromatic amines is 2. The van der Waals surface area contributed by atoms with Crippen molar-refractivity contribution in [3.05, 3.63) is 66.4 Å². The van der Waals surface area contributed by atoms with Gasteiger partial charge in [-0.25, -0.2) is 9.97 Å². The zero-order valence-electron chi connectivity index (χ0n) is 13.0. The molecule has 0 saturated carbocycles. The topological polar surface area (TPSA) is 86.5 Å². The molecule has 24 heavy (non-hydrogen) atoms. The van der Waals surface area contributed by atoms with Gasteiger partial charge in [-0.1, -0.05) is 12.1 Å². The van der Waals surface area contributed by atoms with Crippen molar-refractivity contribution in [3.63, 3.8) is 0 Å². The number of rotatable bonds is 3. The summed E-state index contributed by atoms with van der Waals surface area (Å²) in [6.07, 6.45) is 3.39. The first kappa shape index (κ1) is 14.2. The predicted octanol–water partition coefficient (Wildman–Crippen LogP) is 3.51. The van der Waals surface area contributed by atoms with Crippen molar-refractivity contribution in [2.75, 3.05) is 5.32 Å². The number of H-pyrrole nitrogens is 2. The maximum Gasteiger partial charge on any atom is 0.255 e. The first-order valence-electron chi connectivity index (χ1n) is 7.55. The second-order valence-electron chi connectivity index (χ2n) is 5.55. The minimum Gasteiger partial charge on any atom is -0.345 e. The van der Waals surface area contributed by atoms with Crippen LogP contribution in [0.25, 0.3) is 22.3 Å². The molecule has 6 nitrogen and oxygen atoms in total. The molecule has 2 aromatic carbocycles. The largest absolute Gasteiger partial charge is 0.345 e. The highest BCUT2D eigenvalue weighted by atomic mass is 16.1. The Kier molecular flexibility index (Phi) is 3.35. The molecule has 0 bridgehead atoms. The van der Waals surface area contributed by atoms with Crippen molar-refractivity contribution in [2.45, 2.75) is 6.92 Å². The first-order valence-corrected chi connectivity index (χ1v) is 7.55. The third-order valence-electron chi connectivity index (χ3n) is 3.82. The highest BCUT2D eigenvalue weighted by Gasteiger charge is 2.09. The minimum absolute atomic E-state index is 0.163. The monoisotopic (exact) mass is 317 g/mol. The number of fused-ring (bicyclic) bond motifs is 1. The number of aromatic nitrogens is 4. The Morgan fingerprint density at radius 2 is 2.04 bits per heavy atom. The fourth-order valence-corrected chi connectivity index (χ4v) is 2.61. The summed E-state index contributed by atoms with van der Waals surface area (Å²) in [7, 11) is 0. The smallest absolute Gasteiger partial charge is 0.255 e. The average Bonchev–Trinajstić information content (AvgIpc) is 3.23. The Balaban J connectivity index is 1.59. The lowest BCUT2D eigenvalue weighted by molar-refractivity contribution is 0.102. The van der Waals surface area contributed by atoms with Crippen LogP contribution in [0.15, 0.2) is 55.0 Å². The van der Waals surface area contributed by atoms with E-state index in [2.05, 4.69) is 25.3 Å². The highest BCUT2D eigenvalue weighted by Crippen LogP contribution is 2.21. The van der Waals surface area contributed by atoms with Gasteiger partial charge in [0.15, 0.2) is 0 Å². The highest BCUT2D eigenvalue weighted by molar-refractivity contribution is 6.06. The number of hydrogen-bond acceptors (Lipinski definition) is 3. The van der Waals surface area contributed by atoms with Gasteiger partial charge in [-0.15, -0.1) is 0 Å². The molecule has 2 aromatic heterocycles. The predicted molar refractivity (Wildman–Crippen MR) is 92.8 cm³/mol. The van der Waals surface area contributed by atoms with E-state index in [1.54, 1.807) is 24.7 Å². The number of aryl methyl sites for hydroxylation is 1. The SMILES string of the molecule is Cc1ncc(-c2cccc(NC(=O)c3ccc4nc[nH]c4c3)c2)[nH]1. The Morgan fingerprint density at radius 1 is 1.12 bits per heavy atom. The van der Waals surface area contributed by atoms with Gasteiger partial charge in [-0.2, -0.15) is 0 Å². The number of carbonyl (C=O) groups is 1. The molecule has 0 saturated heterocycles. The lowest BCUT2D eigenvalue weighted by Crippen LogP contribution is -2.11. The van der Waals surface area contributed by atoms with Gasteiger partial charge in [0.1, 0.15) is 5.82 Å². The van der Waals surface area contributed by atoms with Crippen LogP contribution in [0.3, 0.4) is 0 Å². The maximum atomic E-state index is 12.5. The third kappa shape index (κ3) is 2.65. The van der Waals surface area contributed by atoms with Gasteiger partial charge in [0, 0.05) is 16.8 Å². The Labute approximate surface area is 138 Å². The van der Waals surface area contributed by atoms with Crippen LogP contribution in [0, 0.1) is 6.92 Å². The number of hydrogen-bond donors (Lipinski definition) is 3. The van der Waals surface area contributed by atoms with E-state index in [0.717, 1.165) is 33.8 Å². The van der Waals surface area contributed by atoms with Crippen LogP contribution in [0.2, 0.25) is 0 Å². The molecule has 1 amide bonds. The first-order chi connectivity index (χ1) is 11.7. The van der Waals surface area contributed by atoms with Gasteiger partial charge in [0.2, 0.25) is 0 Å². The summed E-state index contributed by atoms with van der Waals surface area (Å²) in [5.74, 6) is 0.691. The molecule has 118 valence electrons. The van der Waals surface area contributed by atoms with E-state index in [9.17, 15) is 4.79 Å². The van der Waals surface area contributed by atoms with E-state index in [0.29, 0.717) is 5.56 Å². The molecule has 0 aliphatic heterocycles. The number of amides is 1. The van der Waals surface area contributed by atoms with Crippen molar-refractivity contribution in [1.82, 2.24) is 19.9 Å². The molecule has 0 aliphatic rings. The molecule has 0 aliphatic carbocycles. The number of benzene rings is 2. The molecule has 0 spiro atoms.